The minimum Gasteiger partial charge on any atom is -0.497 e. The molecule has 18 heavy (non-hydrogen) atoms. The van der Waals surface area contributed by atoms with Crippen molar-refractivity contribution in [2.45, 2.75) is 25.6 Å². The van der Waals surface area contributed by atoms with Crippen molar-refractivity contribution in [3.05, 3.63) is 30.0 Å². The molecule has 3 rings (SSSR count). The van der Waals surface area contributed by atoms with Crippen LogP contribution in [0.25, 0.3) is 10.9 Å². The fourth-order valence-electron chi connectivity index (χ4n) is 2.32. The Kier molecular flexibility index (Phi) is 2.59. The second-order valence-corrected chi connectivity index (χ2v) is 4.59. The minimum atomic E-state index is -0.488. The molecule has 0 saturated carbocycles. The van der Waals surface area contributed by atoms with Gasteiger partial charge in [-0.2, -0.15) is 0 Å². The van der Waals surface area contributed by atoms with Crippen LogP contribution in [0.1, 0.15) is 12.5 Å². The maximum Gasteiger partial charge on any atom is 0.142 e. The van der Waals surface area contributed by atoms with E-state index in [2.05, 4.69) is 4.98 Å². The number of aliphatic hydroxyl groups is 1. The van der Waals surface area contributed by atoms with Crippen LogP contribution in [0, 0.1) is 0 Å². The van der Waals surface area contributed by atoms with Crippen molar-refractivity contribution in [2.75, 3.05) is 7.11 Å². The summed E-state index contributed by atoms with van der Waals surface area (Å²) in [5.74, 6) is 1.57. The molecule has 0 saturated heterocycles. The van der Waals surface area contributed by atoms with Crippen molar-refractivity contribution in [1.29, 1.82) is 0 Å². The zero-order valence-electron chi connectivity index (χ0n) is 10.4. The van der Waals surface area contributed by atoms with E-state index in [1.54, 1.807) is 20.2 Å². The molecule has 0 bridgehead atoms. The fourth-order valence-corrected chi connectivity index (χ4v) is 2.32. The van der Waals surface area contributed by atoms with E-state index < -0.39 is 6.10 Å². The molecule has 0 radical (unpaired) electrons. The SMILES string of the molecule is COc1ccc2ncc3c(c2c1)C[C@@H]([C@H](C)O)O3. The number of aromatic nitrogens is 1. The lowest BCUT2D eigenvalue weighted by Gasteiger charge is -2.12. The molecular formula is C14H15NO3. The zero-order valence-corrected chi connectivity index (χ0v) is 10.4. The first-order valence-corrected chi connectivity index (χ1v) is 5.99. The van der Waals surface area contributed by atoms with E-state index in [0.29, 0.717) is 6.42 Å². The maximum absolute atomic E-state index is 9.63. The van der Waals surface area contributed by atoms with E-state index in [1.807, 2.05) is 18.2 Å². The second-order valence-electron chi connectivity index (χ2n) is 4.59. The molecule has 4 heteroatoms. The highest BCUT2D eigenvalue weighted by Gasteiger charge is 2.28. The minimum absolute atomic E-state index is 0.182. The molecule has 1 aromatic carbocycles. The monoisotopic (exact) mass is 245 g/mol. The summed E-state index contributed by atoms with van der Waals surface area (Å²) >= 11 is 0. The first-order valence-electron chi connectivity index (χ1n) is 5.99. The van der Waals surface area contributed by atoms with E-state index in [0.717, 1.165) is 28.0 Å². The topological polar surface area (TPSA) is 51.6 Å². The van der Waals surface area contributed by atoms with Gasteiger partial charge in [0.1, 0.15) is 17.6 Å². The Morgan fingerprint density at radius 1 is 1.50 bits per heavy atom. The normalized spacial score (nSPS) is 19.4. The van der Waals surface area contributed by atoms with Crippen LogP contribution in [-0.2, 0) is 6.42 Å². The third-order valence-corrected chi connectivity index (χ3v) is 3.37. The van der Waals surface area contributed by atoms with Gasteiger partial charge in [-0.1, -0.05) is 0 Å². The van der Waals surface area contributed by atoms with Crippen molar-refractivity contribution < 1.29 is 14.6 Å². The highest BCUT2D eigenvalue weighted by Crippen LogP contribution is 2.35. The summed E-state index contributed by atoms with van der Waals surface area (Å²) in [6.07, 6.45) is 1.77. The van der Waals surface area contributed by atoms with Gasteiger partial charge in [0, 0.05) is 17.4 Å². The predicted molar refractivity (Wildman–Crippen MR) is 68.1 cm³/mol. The Morgan fingerprint density at radius 3 is 3.06 bits per heavy atom. The molecule has 2 atom stereocenters. The number of fused-ring (bicyclic) bond motifs is 3. The maximum atomic E-state index is 9.63. The molecule has 1 N–H and O–H groups in total. The summed E-state index contributed by atoms with van der Waals surface area (Å²) in [6.45, 7) is 1.74. The fraction of sp³-hybridized carbons (Fsp3) is 0.357. The zero-order chi connectivity index (χ0) is 12.7. The Balaban J connectivity index is 2.13. The number of methoxy groups -OCH3 is 1. The largest absolute Gasteiger partial charge is 0.497 e. The van der Waals surface area contributed by atoms with Crippen LogP contribution in [0.3, 0.4) is 0 Å². The smallest absolute Gasteiger partial charge is 0.142 e. The lowest BCUT2D eigenvalue weighted by atomic mass is 10.0. The molecule has 94 valence electrons. The van der Waals surface area contributed by atoms with E-state index in [1.165, 1.54) is 0 Å². The number of pyridine rings is 1. The Bertz CT molecular complexity index is 595. The Labute approximate surface area is 105 Å². The van der Waals surface area contributed by atoms with Gasteiger partial charge in [-0.15, -0.1) is 0 Å². The van der Waals surface area contributed by atoms with Crippen LogP contribution in [0.2, 0.25) is 0 Å². The molecule has 0 unspecified atom stereocenters. The first kappa shape index (κ1) is 11.3. The summed E-state index contributed by atoms with van der Waals surface area (Å²) < 4.78 is 10.9. The van der Waals surface area contributed by atoms with Crippen LogP contribution in [0.4, 0.5) is 0 Å². The van der Waals surface area contributed by atoms with Crippen LogP contribution in [-0.4, -0.2) is 29.4 Å². The number of nitrogens with zero attached hydrogens (tertiary/aromatic N) is 1. The van der Waals surface area contributed by atoms with Crippen LogP contribution < -0.4 is 9.47 Å². The van der Waals surface area contributed by atoms with Gasteiger partial charge in [0.2, 0.25) is 0 Å². The van der Waals surface area contributed by atoms with Crippen molar-refractivity contribution in [2.24, 2.45) is 0 Å². The van der Waals surface area contributed by atoms with E-state index in [-0.39, 0.29) is 6.10 Å². The van der Waals surface area contributed by atoms with Crippen molar-refractivity contribution in [3.8, 4) is 11.5 Å². The highest BCUT2D eigenvalue weighted by molar-refractivity contribution is 5.86. The molecule has 1 aliphatic heterocycles. The molecule has 2 aromatic rings. The van der Waals surface area contributed by atoms with E-state index >= 15 is 0 Å². The van der Waals surface area contributed by atoms with Gasteiger partial charge in [-0.3, -0.25) is 4.98 Å². The van der Waals surface area contributed by atoms with Crippen LogP contribution in [0.15, 0.2) is 24.4 Å². The van der Waals surface area contributed by atoms with E-state index in [9.17, 15) is 5.11 Å². The Hall–Kier alpha value is -1.81. The van der Waals surface area contributed by atoms with Crippen molar-refractivity contribution in [1.82, 2.24) is 4.98 Å². The molecule has 0 spiro atoms. The standard InChI is InChI=1S/C14H15NO3/c1-8(16)13-6-11-10-5-9(17-2)3-4-12(10)15-7-14(11)18-13/h3-5,7-8,13,16H,6H2,1-2H3/t8-,13-/m0/s1. The quantitative estimate of drug-likeness (QED) is 0.878. The van der Waals surface area contributed by atoms with Crippen molar-refractivity contribution in [3.63, 3.8) is 0 Å². The molecule has 0 fully saturated rings. The lowest BCUT2D eigenvalue weighted by Crippen LogP contribution is -2.26. The number of benzene rings is 1. The Morgan fingerprint density at radius 2 is 2.33 bits per heavy atom. The summed E-state index contributed by atoms with van der Waals surface area (Å²) in [5.41, 5.74) is 2.02. The molecule has 1 aromatic heterocycles. The van der Waals surface area contributed by atoms with Gasteiger partial charge in [0.15, 0.2) is 0 Å². The molecule has 2 heterocycles. The molecule has 4 nitrogen and oxygen atoms in total. The number of rotatable bonds is 2. The molecule has 0 amide bonds. The molecular weight excluding hydrogens is 230 g/mol. The van der Waals surface area contributed by atoms with Gasteiger partial charge < -0.3 is 14.6 Å². The van der Waals surface area contributed by atoms with Gasteiger partial charge in [0.25, 0.3) is 0 Å². The average molecular weight is 245 g/mol. The van der Waals surface area contributed by atoms with Gasteiger partial charge in [0.05, 0.1) is 24.9 Å². The van der Waals surface area contributed by atoms with Gasteiger partial charge in [-0.25, -0.2) is 0 Å². The molecule has 1 aliphatic rings. The lowest BCUT2D eigenvalue weighted by molar-refractivity contribution is 0.0631. The van der Waals surface area contributed by atoms with Crippen LogP contribution in [0.5, 0.6) is 11.5 Å². The first-order chi connectivity index (χ1) is 8.69. The van der Waals surface area contributed by atoms with Gasteiger partial charge in [-0.05, 0) is 25.1 Å². The summed E-state index contributed by atoms with van der Waals surface area (Å²) in [4.78, 5) is 4.36. The van der Waals surface area contributed by atoms with Crippen molar-refractivity contribution >= 4 is 10.9 Å². The van der Waals surface area contributed by atoms with Gasteiger partial charge >= 0.3 is 0 Å². The van der Waals surface area contributed by atoms with E-state index in [4.69, 9.17) is 9.47 Å². The predicted octanol–water partition coefficient (Wildman–Crippen LogP) is 1.93. The summed E-state index contributed by atoms with van der Waals surface area (Å²) in [6, 6.07) is 5.79. The average Bonchev–Trinajstić information content (AvgIpc) is 2.82. The third-order valence-electron chi connectivity index (χ3n) is 3.37. The number of aliphatic hydroxyl groups excluding tert-OH is 1. The van der Waals surface area contributed by atoms with Crippen LogP contribution >= 0.6 is 0 Å². The third kappa shape index (κ3) is 1.69. The summed E-state index contributed by atoms with van der Waals surface area (Å²) in [7, 11) is 1.65. The number of ether oxygens (including phenoxy) is 2. The second kappa shape index (κ2) is 4.14. The molecule has 0 aliphatic carbocycles. The number of hydrogen-bond acceptors (Lipinski definition) is 4. The summed E-state index contributed by atoms with van der Waals surface area (Å²) in [5, 5.41) is 10.7. The highest BCUT2D eigenvalue weighted by atomic mass is 16.5. The number of hydrogen-bond donors (Lipinski definition) is 1.